The van der Waals surface area contributed by atoms with E-state index in [4.69, 9.17) is 9.15 Å². The number of carbonyl (C=O) groups excluding carboxylic acids is 2. The highest BCUT2D eigenvalue weighted by atomic mass is 32.2. The molecule has 2 amide bonds. The highest BCUT2D eigenvalue weighted by molar-refractivity contribution is 8.03. The fourth-order valence-corrected chi connectivity index (χ4v) is 3.88. The zero-order valence-electron chi connectivity index (χ0n) is 15.9. The first-order chi connectivity index (χ1) is 14.1. The summed E-state index contributed by atoms with van der Waals surface area (Å²) in [5.74, 6) is 0.731. The molecule has 1 aromatic heterocycles. The van der Waals surface area contributed by atoms with E-state index in [2.05, 4.69) is 16.7 Å². The topological polar surface area (TPSA) is 104 Å². The van der Waals surface area contributed by atoms with Gasteiger partial charge in [-0.1, -0.05) is 23.9 Å². The second kappa shape index (κ2) is 9.85. The molecule has 0 unspecified atom stereocenters. The van der Waals surface area contributed by atoms with Crippen LogP contribution in [0.5, 0.6) is 5.75 Å². The van der Waals surface area contributed by atoms with Crippen LogP contribution in [0.15, 0.2) is 57.7 Å². The van der Waals surface area contributed by atoms with E-state index in [1.807, 2.05) is 31.2 Å². The molecule has 0 saturated heterocycles. The van der Waals surface area contributed by atoms with Gasteiger partial charge in [0.2, 0.25) is 11.8 Å². The fourth-order valence-electron chi connectivity index (χ4n) is 2.97. The molecule has 29 heavy (non-hydrogen) atoms. The lowest BCUT2D eigenvalue weighted by Gasteiger charge is -2.25. The van der Waals surface area contributed by atoms with Gasteiger partial charge < -0.3 is 19.8 Å². The Morgan fingerprint density at radius 1 is 1.38 bits per heavy atom. The molecule has 2 N–H and O–H groups in total. The average Bonchev–Trinajstić information content (AvgIpc) is 3.25. The molecule has 150 valence electrons. The van der Waals surface area contributed by atoms with Gasteiger partial charge in [0.1, 0.15) is 11.5 Å². The number of rotatable bonds is 8. The summed E-state index contributed by atoms with van der Waals surface area (Å²) in [7, 11) is 0. The van der Waals surface area contributed by atoms with Crippen molar-refractivity contribution in [3.8, 4) is 11.8 Å². The molecule has 2 heterocycles. The van der Waals surface area contributed by atoms with Crippen LogP contribution in [-0.4, -0.2) is 24.2 Å². The Morgan fingerprint density at radius 3 is 2.83 bits per heavy atom. The standard InChI is InChI=1S/C21H21N3O4S/c1-2-27-15-7-5-14(6-8-15)17-10-19(25)24-21(18(17)11-22)29-13-20(26)23-12-16-4-3-9-28-16/h3-9,17H,2,10,12-13H2,1H3,(H,23,26)(H,24,25)/t17-/m0/s1. The predicted molar refractivity (Wildman–Crippen MR) is 109 cm³/mol. The SMILES string of the molecule is CCOc1ccc([C@@H]2CC(=O)NC(SCC(=O)NCc3ccco3)=C2C#N)cc1. The van der Waals surface area contributed by atoms with Crippen LogP contribution >= 0.6 is 11.8 Å². The molecule has 3 rings (SSSR count). The molecule has 0 aliphatic carbocycles. The minimum absolute atomic E-state index is 0.0809. The number of benzene rings is 1. The van der Waals surface area contributed by atoms with Crippen LogP contribution in [-0.2, 0) is 16.1 Å². The summed E-state index contributed by atoms with van der Waals surface area (Å²) in [4.78, 5) is 24.3. The molecule has 1 aliphatic heterocycles. The van der Waals surface area contributed by atoms with Crippen molar-refractivity contribution in [2.45, 2.75) is 25.8 Å². The normalized spacial score (nSPS) is 16.1. The number of nitriles is 1. The zero-order chi connectivity index (χ0) is 20.6. The van der Waals surface area contributed by atoms with Gasteiger partial charge in [0.15, 0.2) is 0 Å². The smallest absolute Gasteiger partial charge is 0.230 e. The van der Waals surface area contributed by atoms with Crippen molar-refractivity contribution < 1.29 is 18.7 Å². The molecule has 0 bridgehead atoms. The summed E-state index contributed by atoms with van der Waals surface area (Å²) in [6.07, 6.45) is 1.73. The van der Waals surface area contributed by atoms with Gasteiger partial charge in [-0.25, -0.2) is 0 Å². The first-order valence-corrected chi connectivity index (χ1v) is 10.2. The molecule has 2 aromatic rings. The van der Waals surface area contributed by atoms with Gasteiger partial charge in [0.05, 0.1) is 41.8 Å². The number of allylic oxidation sites excluding steroid dienone is 1. The Kier molecular flexibility index (Phi) is 6.98. The third-order valence-corrected chi connectivity index (χ3v) is 5.35. The summed E-state index contributed by atoms with van der Waals surface area (Å²) in [6.45, 7) is 2.76. The van der Waals surface area contributed by atoms with Crippen LogP contribution in [0.3, 0.4) is 0 Å². The average molecular weight is 411 g/mol. The van der Waals surface area contributed by atoms with E-state index in [1.54, 1.807) is 18.4 Å². The van der Waals surface area contributed by atoms with Crippen LogP contribution < -0.4 is 15.4 Å². The summed E-state index contributed by atoms with van der Waals surface area (Å²) in [5.41, 5.74) is 1.32. The summed E-state index contributed by atoms with van der Waals surface area (Å²) in [5, 5.41) is 15.6. The number of thioether (sulfide) groups is 1. The highest BCUT2D eigenvalue weighted by Crippen LogP contribution is 2.36. The highest BCUT2D eigenvalue weighted by Gasteiger charge is 2.29. The first-order valence-electron chi connectivity index (χ1n) is 9.19. The van der Waals surface area contributed by atoms with Crippen LogP contribution in [0.2, 0.25) is 0 Å². The van der Waals surface area contributed by atoms with E-state index in [9.17, 15) is 14.9 Å². The first kappa shape index (κ1) is 20.6. The van der Waals surface area contributed by atoms with Crippen LogP contribution in [0.4, 0.5) is 0 Å². The number of nitrogens with one attached hydrogen (secondary N) is 2. The van der Waals surface area contributed by atoms with E-state index in [-0.39, 0.29) is 36.5 Å². The molecule has 0 fully saturated rings. The number of amides is 2. The molecule has 0 radical (unpaired) electrons. The lowest BCUT2D eigenvalue weighted by Crippen LogP contribution is -2.32. The maximum absolute atomic E-state index is 12.2. The Bertz CT molecular complexity index is 930. The van der Waals surface area contributed by atoms with E-state index in [0.717, 1.165) is 23.1 Å². The minimum atomic E-state index is -0.349. The maximum Gasteiger partial charge on any atom is 0.230 e. The van der Waals surface area contributed by atoms with Gasteiger partial charge in [-0.15, -0.1) is 0 Å². The van der Waals surface area contributed by atoms with Gasteiger partial charge in [-0.05, 0) is 36.8 Å². The third kappa shape index (κ3) is 5.42. The molecule has 0 saturated carbocycles. The molecule has 1 aromatic carbocycles. The quantitative estimate of drug-likeness (QED) is 0.692. The molecule has 8 heteroatoms. The van der Waals surface area contributed by atoms with Gasteiger partial charge in [-0.2, -0.15) is 5.26 Å². The van der Waals surface area contributed by atoms with Crippen molar-refractivity contribution in [3.05, 3.63) is 64.6 Å². The predicted octanol–water partition coefficient (Wildman–Crippen LogP) is 3.07. The number of hydrogen-bond acceptors (Lipinski definition) is 6. The summed E-state index contributed by atoms with van der Waals surface area (Å²) >= 11 is 1.15. The van der Waals surface area contributed by atoms with Crippen LogP contribution in [0, 0.1) is 11.3 Å². The maximum atomic E-state index is 12.2. The van der Waals surface area contributed by atoms with Gasteiger partial charge >= 0.3 is 0 Å². The molecular weight excluding hydrogens is 390 g/mol. The van der Waals surface area contributed by atoms with Crippen molar-refractivity contribution in [2.24, 2.45) is 0 Å². The van der Waals surface area contributed by atoms with Crippen molar-refractivity contribution in [1.29, 1.82) is 5.26 Å². The number of ether oxygens (including phenoxy) is 1. The second-order valence-electron chi connectivity index (χ2n) is 6.31. The van der Waals surface area contributed by atoms with Crippen molar-refractivity contribution >= 4 is 23.6 Å². The van der Waals surface area contributed by atoms with Gasteiger partial charge in [0, 0.05) is 12.3 Å². The van der Waals surface area contributed by atoms with E-state index in [1.165, 1.54) is 0 Å². The molecular formula is C21H21N3O4S. The number of furan rings is 1. The number of carbonyl (C=O) groups is 2. The van der Waals surface area contributed by atoms with E-state index < -0.39 is 0 Å². The summed E-state index contributed by atoms with van der Waals surface area (Å²) < 4.78 is 10.6. The molecule has 0 spiro atoms. The fraction of sp³-hybridized carbons (Fsp3) is 0.286. The third-order valence-electron chi connectivity index (χ3n) is 4.34. The largest absolute Gasteiger partial charge is 0.494 e. The van der Waals surface area contributed by atoms with E-state index in [0.29, 0.717) is 23.0 Å². The van der Waals surface area contributed by atoms with Gasteiger partial charge in [0.25, 0.3) is 0 Å². The van der Waals surface area contributed by atoms with Crippen LogP contribution in [0.1, 0.15) is 30.6 Å². The van der Waals surface area contributed by atoms with Crippen molar-refractivity contribution in [2.75, 3.05) is 12.4 Å². The zero-order valence-corrected chi connectivity index (χ0v) is 16.8. The molecule has 1 atom stereocenters. The van der Waals surface area contributed by atoms with Crippen LogP contribution in [0.25, 0.3) is 0 Å². The van der Waals surface area contributed by atoms with Gasteiger partial charge in [-0.3, -0.25) is 9.59 Å². The molecule has 1 aliphatic rings. The monoisotopic (exact) mass is 411 g/mol. The Balaban J connectivity index is 1.69. The Hall–Kier alpha value is -3.18. The lowest BCUT2D eigenvalue weighted by atomic mass is 9.87. The Labute approximate surface area is 173 Å². The lowest BCUT2D eigenvalue weighted by molar-refractivity contribution is -0.121. The van der Waals surface area contributed by atoms with Crippen molar-refractivity contribution in [1.82, 2.24) is 10.6 Å². The number of nitrogens with zero attached hydrogens (tertiary/aromatic N) is 1. The number of hydrogen-bond donors (Lipinski definition) is 2. The molecule has 7 nitrogen and oxygen atoms in total. The second-order valence-corrected chi connectivity index (χ2v) is 7.29. The minimum Gasteiger partial charge on any atom is -0.494 e. The van der Waals surface area contributed by atoms with E-state index >= 15 is 0 Å². The van der Waals surface area contributed by atoms with Crippen molar-refractivity contribution in [3.63, 3.8) is 0 Å². The Morgan fingerprint density at radius 2 is 2.17 bits per heavy atom. The summed E-state index contributed by atoms with van der Waals surface area (Å²) in [6, 6.07) is 13.1.